The molecule has 25 heavy (non-hydrogen) atoms. The number of hydrogen-bond acceptors (Lipinski definition) is 3. The maximum Gasteiger partial charge on any atom is 0.243 e. The van der Waals surface area contributed by atoms with Crippen LogP contribution < -0.4 is 0 Å². The molecule has 1 unspecified atom stereocenters. The summed E-state index contributed by atoms with van der Waals surface area (Å²) in [6, 6.07) is 16.3. The molecule has 0 fully saturated rings. The summed E-state index contributed by atoms with van der Waals surface area (Å²) >= 11 is 0. The average Bonchev–Trinajstić information content (AvgIpc) is 2.62. The van der Waals surface area contributed by atoms with Crippen molar-refractivity contribution in [2.45, 2.75) is 37.3 Å². The average molecular weight is 357 g/mol. The summed E-state index contributed by atoms with van der Waals surface area (Å²) < 4.78 is 28.0. The van der Waals surface area contributed by atoms with Crippen LogP contribution >= 0.6 is 0 Å². The van der Waals surface area contributed by atoms with E-state index in [1.807, 2.05) is 43.3 Å². The zero-order chi connectivity index (χ0) is 18.0. The molecule has 0 bridgehead atoms. The third-order valence-electron chi connectivity index (χ3n) is 4.64. The fourth-order valence-corrected chi connectivity index (χ4v) is 4.73. The predicted molar refractivity (Wildman–Crippen MR) is 98.6 cm³/mol. The van der Waals surface area contributed by atoms with Crippen molar-refractivity contribution in [3.05, 3.63) is 77.4 Å². The van der Waals surface area contributed by atoms with Crippen molar-refractivity contribution in [2.24, 2.45) is 0 Å². The molecule has 1 N–H and O–H groups in total. The molecule has 2 aromatic rings. The van der Waals surface area contributed by atoms with Gasteiger partial charge in [0.05, 0.1) is 17.0 Å². The first-order chi connectivity index (χ1) is 11.9. The van der Waals surface area contributed by atoms with Crippen molar-refractivity contribution in [1.29, 1.82) is 0 Å². The molecule has 132 valence electrons. The van der Waals surface area contributed by atoms with Gasteiger partial charge < -0.3 is 5.11 Å². The van der Waals surface area contributed by atoms with Gasteiger partial charge in [0.1, 0.15) is 0 Å². The van der Waals surface area contributed by atoms with E-state index >= 15 is 0 Å². The molecule has 1 aliphatic heterocycles. The Morgan fingerprint density at radius 1 is 1.08 bits per heavy atom. The van der Waals surface area contributed by atoms with E-state index in [9.17, 15) is 13.5 Å². The number of benzene rings is 2. The molecule has 2 atom stereocenters. The van der Waals surface area contributed by atoms with Crippen LogP contribution in [0.25, 0.3) is 0 Å². The van der Waals surface area contributed by atoms with Crippen molar-refractivity contribution >= 4 is 10.0 Å². The molecule has 0 saturated carbocycles. The zero-order valence-corrected chi connectivity index (χ0v) is 15.3. The van der Waals surface area contributed by atoms with Crippen LogP contribution in [0.15, 0.2) is 71.1 Å². The van der Waals surface area contributed by atoms with Crippen LogP contribution in [0.1, 0.15) is 30.5 Å². The topological polar surface area (TPSA) is 57.6 Å². The molecular weight excluding hydrogens is 334 g/mol. The lowest BCUT2D eigenvalue weighted by Crippen LogP contribution is -2.40. The first-order valence-corrected chi connectivity index (χ1v) is 9.84. The van der Waals surface area contributed by atoms with Gasteiger partial charge in [0.2, 0.25) is 10.0 Å². The van der Waals surface area contributed by atoms with Crippen molar-refractivity contribution in [3.63, 3.8) is 0 Å². The van der Waals surface area contributed by atoms with Gasteiger partial charge in [-0.2, -0.15) is 4.31 Å². The lowest BCUT2D eigenvalue weighted by Gasteiger charge is -2.35. The predicted octanol–water partition coefficient (Wildman–Crippen LogP) is 3.44. The molecule has 0 aromatic heterocycles. The van der Waals surface area contributed by atoms with Crippen molar-refractivity contribution in [1.82, 2.24) is 4.31 Å². The quantitative estimate of drug-likeness (QED) is 0.853. The SMILES string of the molecule is Cc1ccc(S(=O)(=O)N2CC(C(C)O)=CC[C@@H]2c2ccccc2)cc1. The molecule has 1 heterocycles. The van der Waals surface area contributed by atoms with Crippen molar-refractivity contribution in [2.75, 3.05) is 6.54 Å². The molecular formula is C20H23NO3S. The van der Waals surface area contributed by atoms with E-state index in [2.05, 4.69) is 0 Å². The molecule has 0 spiro atoms. The standard InChI is InChI=1S/C20H23NO3S/c1-15-8-11-19(12-9-15)25(23,24)21-14-18(16(2)22)10-13-20(21)17-6-4-3-5-7-17/h3-12,16,20,22H,13-14H2,1-2H3/t16?,20-/m1/s1. The highest BCUT2D eigenvalue weighted by Crippen LogP contribution is 2.35. The van der Waals surface area contributed by atoms with Crippen LogP contribution in [0.4, 0.5) is 0 Å². The van der Waals surface area contributed by atoms with Crippen LogP contribution in [0.5, 0.6) is 0 Å². The summed E-state index contributed by atoms with van der Waals surface area (Å²) in [5.74, 6) is 0. The number of rotatable bonds is 4. The van der Waals surface area contributed by atoms with Gasteiger partial charge in [-0.25, -0.2) is 8.42 Å². The molecule has 4 nitrogen and oxygen atoms in total. The van der Waals surface area contributed by atoms with Gasteiger partial charge in [0, 0.05) is 6.54 Å². The molecule has 1 aliphatic rings. The molecule has 0 saturated heterocycles. The summed E-state index contributed by atoms with van der Waals surface area (Å²) in [7, 11) is -3.66. The number of aliphatic hydroxyl groups excluding tert-OH is 1. The highest BCUT2D eigenvalue weighted by atomic mass is 32.2. The fraction of sp³-hybridized carbons (Fsp3) is 0.300. The first kappa shape index (κ1) is 17.9. The molecule has 0 amide bonds. The molecule has 5 heteroatoms. The molecule has 2 aromatic carbocycles. The number of nitrogens with zero attached hydrogens (tertiary/aromatic N) is 1. The Hall–Kier alpha value is -1.95. The van der Waals surface area contributed by atoms with Crippen LogP contribution in [0.3, 0.4) is 0 Å². The maximum atomic E-state index is 13.3. The van der Waals surface area contributed by atoms with E-state index in [4.69, 9.17) is 0 Å². The van der Waals surface area contributed by atoms with E-state index in [1.54, 1.807) is 31.2 Å². The minimum atomic E-state index is -3.66. The third-order valence-corrected chi connectivity index (χ3v) is 6.51. The lowest BCUT2D eigenvalue weighted by molar-refractivity contribution is 0.209. The van der Waals surface area contributed by atoms with Crippen LogP contribution in [0.2, 0.25) is 0 Å². The second-order valence-electron chi connectivity index (χ2n) is 6.48. The van der Waals surface area contributed by atoms with Crippen LogP contribution in [-0.4, -0.2) is 30.5 Å². The fourth-order valence-electron chi connectivity index (χ4n) is 3.11. The smallest absolute Gasteiger partial charge is 0.243 e. The monoisotopic (exact) mass is 357 g/mol. The van der Waals surface area contributed by atoms with E-state index in [0.29, 0.717) is 6.42 Å². The van der Waals surface area contributed by atoms with Gasteiger partial charge in [-0.05, 0) is 43.5 Å². The van der Waals surface area contributed by atoms with Crippen LogP contribution in [0, 0.1) is 6.92 Å². The lowest BCUT2D eigenvalue weighted by atomic mass is 9.96. The number of hydrogen-bond donors (Lipinski definition) is 1. The van der Waals surface area contributed by atoms with Gasteiger partial charge in [0.15, 0.2) is 0 Å². The number of aliphatic hydroxyl groups is 1. The second-order valence-corrected chi connectivity index (χ2v) is 8.37. The molecule has 0 radical (unpaired) electrons. The Kier molecular flexibility index (Phi) is 5.08. The largest absolute Gasteiger partial charge is 0.389 e. The van der Waals surface area contributed by atoms with Crippen molar-refractivity contribution < 1.29 is 13.5 Å². The minimum absolute atomic E-state index is 0.202. The van der Waals surface area contributed by atoms with E-state index < -0.39 is 16.1 Å². The molecule has 3 rings (SSSR count). The van der Waals surface area contributed by atoms with E-state index in [-0.39, 0.29) is 17.5 Å². The Balaban J connectivity index is 2.04. The number of sulfonamides is 1. The van der Waals surface area contributed by atoms with Gasteiger partial charge in [-0.1, -0.05) is 54.1 Å². The zero-order valence-electron chi connectivity index (χ0n) is 14.5. The summed E-state index contributed by atoms with van der Waals surface area (Å²) in [5, 5.41) is 9.93. The van der Waals surface area contributed by atoms with Crippen molar-refractivity contribution in [3.8, 4) is 0 Å². The number of aryl methyl sites for hydroxylation is 1. The first-order valence-electron chi connectivity index (χ1n) is 8.40. The Morgan fingerprint density at radius 3 is 2.32 bits per heavy atom. The normalized spacial score (nSPS) is 20.1. The maximum absolute atomic E-state index is 13.3. The van der Waals surface area contributed by atoms with Gasteiger partial charge in [-0.15, -0.1) is 0 Å². The molecule has 0 aliphatic carbocycles. The Bertz CT molecular complexity index is 856. The Labute approximate surface area is 149 Å². The van der Waals surface area contributed by atoms with E-state index in [1.165, 1.54) is 4.31 Å². The third kappa shape index (κ3) is 3.68. The summed E-state index contributed by atoms with van der Waals surface area (Å²) in [5.41, 5.74) is 2.71. The summed E-state index contributed by atoms with van der Waals surface area (Å²) in [6.45, 7) is 3.80. The summed E-state index contributed by atoms with van der Waals surface area (Å²) in [4.78, 5) is 0.283. The van der Waals surface area contributed by atoms with Gasteiger partial charge >= 0.3 is 0 Å². The highest BCUT2D eigenvalue weighted by Gasteiger charge is 2.35. The van der Waals surface area contributed by atoms with Gasteiger partial charge in [-0.3, -0.25) is 0 Å². The minimum Gasteiger partial charge on any atom is -0.389 e. The van der Waals surface area contributed by atoms with Gasteiger partial charge in [0.25, 0.3) is 0 Å². The van der Waals surface area contributed by atoms with Crippen LogP contribution in [-0.2, 0) is 10.0 Å². The summed E-state index contributed by atoms with van der Waals surface area (Å²) in [6.07, 6.45) is 1.85. The Morgan fingerprint density at radius 2 is 1.72 bits per heavy atom. The van der Waals surface area contributed by atoms with E-state index in [0.717, 1.165) is 16.7 Å². The second kappa shape index (κ2) is 7.12. The highest BCUT2D eigenvalue weighted by molar-refractivity contribution is 7.89.